The first kappa shape index (κ1) is 19.2. The smallest absolute Gasteiger partial charge is 0.251 e. The highest BCUT2D eigenvalue weighted by Crippen LogP contribution is 2.33. The maximum absolute atomic E-state index is 14.5. The van der Waals surface area contributed by atoms with Gasteiger partial charge in [-0.3, -0.25) is 4.79 Å². The Balaban J connectivity index is 2.49. The van der Waals surface area contributed by atoms with Crippen molar-refractivity contribution in [2.45, 2.75) is 13.8 Å². The second-order valence-corrected chi connectivity index (χ2v) is 6.50. The molecule has 0 heterocycles. The summed E-state index contributed by atoms with van der Waals surface area (Å²) in [6.45, 7) is 3.64. The molecule has 2 aromatic rings. The Bertz CT molecular complexity index is 838. The molecule has 0 unspecified atom stereocenters. The lowest BCUT2D eigenvalue weighted by Gasteiger charge is -2.16. The molecule has 0 aliphatic carbocycles. The number of hydrogen-bond donors (Lipinski definition) is 2. The third-order valence-electron chi connectivity index (χ3n) is 3.46. The Labute approximate surface area is 158 Å². The summed E-state index contributed by atoms with van der Waals surface area (Å²) in [5, 5.41) is 2.76. The van der Waals surface area contributed by atoms with Gasteiger partial charge in [0.05, 0.1) is 11.3 Å². The number of rotatable bonds is 6. The van der Waals surface area contributed by atoms with Crippen molar-refractivity contribution in [3.63, 3.8) is 0 Å². The van der Waals surface area contributed by atoms with E-state index in [1.165, 1.54) is 0 Å². The molecular weight excluding hydrogens is 441 g/mol. The van der Waals surface area contributed by atoms with Gasteiger partial charge in [-0.1, -0.05) is 12.2 Å². The predicted molar refractivity (Wildman–Crippen MR) is 102 cm³/mol. The van der Waals surface area contributed by atoms with Crippen LogP contribution >= 0.6 is 22.6 Å². The Hall–Kier alpha value is -2.16. The van der Waals surface area contributed by atoms with Gasteiger partial charge in [0.1, 0.15) is 6.61 Å². The number of nitrogens with one attached hydrogen (secondary N) is 1. The number of allylic oxidation sites excluding steroid dienone is 1. The van der Waals surface area contributed by atoms with Gasteiger partial charge in [-0.25, -0.2) is 4.39 Å². The van der Waals surface area contributed by atoms with Crippen LogP contribution in [-0.4, -0.2) is 12.5 Å². The number of hydrogen-bond acceptors (Lipinski definition) is 3. The van der Waals surface area contributed by atoms with E-state index in [0.29, 0.717) is 5.69 Å². The van der Waals surface area contributed by atoms with E-state index in [0.717, 1.165) is 15.2 Å². The molecule has 0 aliphatic rings. The monoisotopic (exact) mass is 458 g/mol. The van der Waals surface area contributed by atoms with Crippen LogP contribution in [0, 0.1) is 22.1 Å². The van der Waals surface area contributed by atoms with Gasteiger partial charge in [0.15, 0.2) is 11.6 Å². The second kappa shape index (κ2) is 8.28. The van der Waals surface area contributed by atoms with Crippen LogP contribution in [0.3, 0.4) is 0 Å². The zero-order valence-electron chi connectivity index (χ0n) is 13.7. The molecule has 0 bridgehead atoms. The molecule has 25 heavy (non-hydrogen) atoms. The summed E-state index contributed by atoms with van der Waals surface area (Å²) >= 11 is 2.14. The van der Waals surface area contributed by atoms with Gasteiger partial charge >= 0.3 is 0 Å². The fourth-order valence-electron chi connectivity index (χ4n) is 2.16. The first-order valence-electron chi connectivity index (χ1n) is 7.44. The SMILES string of the molecule is C/C=C/COc1cc(C(N)=O)c(Nc2ccc(I)cc2C)c(F)c1F. The van der Waals surface area contributed by atoms with Gasteiger partial charge in [0, 0.05) is 9.26 Å². The van der Waals surface area contributed by atoms with Crippen molar-refractivity contribution >= 4 is 39.9 Å². The van der Waals surface area contributed by atoms with E-state index >= 15 is 0 Å². The number of carbonyl (C=O) groups excluding carboxylic acids is 1. The van der Waals surface area contributed by atoms with Crippen molar-refractivity contribution in [3.05, 3.63) is 62.7 Å². The van der Waals surface area contributed by atoms with Crippen molar-refractivity contribution in [1.29, 1.82) is 0 Å². The Morgan fingerprint density at radius 1 is 1.32 bits per heavy atom. The van der Waals surface area contributed by atoms with Crippen LogP contribution in [0.2, 0.25) is 0 Å². The van der Waals surface area contributed by atoms with Crippen molar-refractivity contribution in [1.82, 2.24) is 0 Å². The minimum atomic E-state index is -1.22. The number of benzene rings is 2. The van der Waals surface area contributed by atoms with E-state index in [9.17, 15) is 13.6 Å². The molecule has 0 aliphatic heterocycles. The van der Waals surface area contributed by atoms with E-state index in [2.05, 4.69) is 27.9 Å². The summed E-state index contributed by atoms with van der Waals surface area (Å²) in [5.41, 5.74) is 6.19. The average Bonchev–Trinajstić information content (AvgIpc) is 2.55. The van der Waals surface area contributed by atoms with Gasteiger partial charge in [0.25, 0.3) is 5.91 Å². The minimum Gasteiger partial charge on any atom is -0.486 e. The zero-order chi connectivity index (χ0) is 18.6. The number of anilines is 2. The molecule has 132 valence electrons. The summed E-state index contributed by atoms with van der Waals surface area (Å²) in [6, 6.07) is 6.50. The molecular formula is C18H17F2IN2O2. The van der Waals surface area contributed by atoms with Crippen molar-refractivity contribution < 1.29 is 18.3 Å². The summed E-state index contributed by atoms with van der Waals surface area (Å²) in [4.78, 5) is 11.7. The number of amides is 1. The van der Waals surface area contributed by atoms with E-state index in [-0.39, 0.29) is 23.6 Å². The van der Waals surface area contributed by atoms with Crippen molar-refractivity contribution in [2.75, 3.05) is 11.9 Å². The standard InChI is InChI=1S/C18H17F2IN2O2/c1-3-4-7-25-14-9-12(18(22)24)17(16(20)15(14)19)23-13-6-5-11(21)8-10(13)2/h3-6,8-9,23H,7H2,1-2H3,(H2,22,24)/b4-3+. The highest BCUT2D eigenvalue weighted by atomic mass is 127. The van der Waals surface area contributed by atoms with Crippen molar-refractivity contribution in [3.8, 4) is 5.75 Å². The molecule has 4 nitrogen and oxygen atoms in total. The number of ether oxygens (including phenoxy) is 1. The van der Waals surface area contributed by atoms with Gasteiger partial charge in [-0.2, -0.15) is 4.39 Å². The molecule has 3 N–H and O–H groups in total. The lowest BCUT2D eigenvalue weighted by atomic mass is 10.1. The van der Waals surface area contributed by atoms with Gasteiger partial charge in [-0.05, 0) is 66.3 Å². The normalized spacial score (nSPS) is 10.9. The maximum atomic E-state index is 14.5. The topological polar surface area (TPSA) is 64.3 Å². The molecule has 1 amide bonds. The molecule has 2 rings (SSSR count). The maximum Gasteiger partial charge on any atom is 0.251 e. The van der Waals surface area contributed by atoms with E-state index in [4.69, 9.17) is 10.5 Å². The average molecular weight is 458 g/mol. The summed E-state index contributed by atoms with van der Waals surface area (Å²) in [6.07, 6.45) is 3.33. The Morgan fingerprint density at radius 3 is 2.64 bits per heavy atom. The lowest BCUT2D eigenvalue weighted by molar-refractivity contribution is 0.1000. The molecule has 0 atom stereocenters. The second-order valence-electron chi connectivity index (χ2n) is 5.25. The van der Waals surface area contributed by atoms with Crippen molar-refractivity contribution in [2.24, 2.45) is 5.73 Å². The first-order valence-corrected chi connectivity index (χ1v) is 8.52. The molecule has 0 saturated heterocycles. The number of aryl methyl sites for hydroxylation is 1. The number of primary amides is 1. The molecule has 0 aromatic heterocycles. The fourth-order valence-corrected chi connectivity index (χ4v) is 2.81. The predicted octanol–water partition coefficient (Wildman–Crippen LogP) is 4.68. The largest absolute Gasteiger partial charge is 0.486 e. The van der Waals surface area contributed by atoms with E-state index in [1.54, 1.807) is 25.1 Å². The highest BCUT2D eigenvalue weighted by molar-refractivity contribution is 14.1. The van der Waals surface area contributed by atoms with Crippen LogP contribution in [0.5, 0.6) is 5.75 Å². The number of halogens is 3. The van der Waals surface area contributed by atoms with E-state index < -0.39 is 17.5 Å². The highest BCUT2D eigenvalue weighted by Gasteiger charge is 2.22. The molecule has 7 heteroatoms. The molecule has 0 saturated carbocycles. The van der Waals surface area contributed by atoms with E-state index in [1.807, 2.05) is 19.1 Å². The summed E-state index contributed by atoms with van der Waals surface area (Å²) in [5.74, 6) is -3.65. The molecule has 0 fully saturated rings. The quantitative estimate of drug-likeness (QED) is 0.489. The van der Waals surface area contributed by atoms with Crippen LogP contribution in [0.15, 0.2) is 36.4 Å². The number of nitrogens with two attached hydrogens (primary N) is 1. The van der Waals surface area contributed by atoms with Crippen LogP contribution in [0.1, 0.15) is 22.8 Å². The Kier molecular flexibility index (Phi) is 6.35. The minimum absolute atomic E-state index is 0.0497. The molecule has 0 spiro atoms. The molecule has 0 radical (unpaired) electrons. The van der Waals surface area contributed by atoms with Crippen LogP contribution in [-0.2, 0) is 0 Å². The zero-order valence-corrected chi connectivity index (χ0v) is 15.9. The van der Waals surface area contributed by atoms with Crippen LogP contribution < -0.4 is 15.8 Å². The lowest BCUT2D eigenvalue weighted by Crippen LogP contribution is -2.16. The third kappa shape index (κ3) is 4.47. The third-order valence-corrected chi connectivity index (χ3v) is 4.13. The van der Waals surface area contributed by atoms with Crippen LogP contribution in [0.4, 0.5) is 20.2 Å². The summed E-state index contributed by atoms with van der Waals surface area (Å²) in [7, 11) is 0. The molecule has 2 aromatic carbocycles. The van der Waals surface area contributed by atoms with Gasteiger partial charge in [-0.15, -0.1) is 0 Å². The first-order chi connectivity index (χ1) is 11.8. The van der Waals surface area contributed by atoms with Crippen LogP contribution in [0.25, 0.3) is 0 Å². The van der Waals surface area contributed by atoms with Gasteiger partial charge < -0.3 is 15.8 Å². The fraction of sp³-hybridized carbons (Fsp3) is 0.167. The Morgan fingerprint density at radius 2 is 2.04 bits per heavy atom. The van der Waals surface area contributed by atoms with Gasteiger partial charge in [0.2, 0.25) is 5.82 Å². The number of carbonyl (C=O) groups is 1. The summed E-state index contributed by atoms with van der Waals surface area (Å²) < 4.78 is 35.0.